The van der Waals surface area contributed by atoms with E-state index in [1.54, 1.807) is 23.9 Å². The van der Waals surface area contributed by atoms with E-state index in [0.29, 0.717) is 16.8 Å². The average Bonchev–Trinajstić information content (AvgIpc) is 3.14. The number of hydrogen-bond acceptors (Lipinski definition) is 3. The molecular weight excluding hydrogens is 384 g/mol. The van der Waals surface area contributed by atoms with Crippen LogP contribution in [0.3, 0.4) is 0 Å². The van der Waals surface area contributed by atoms with Crippen LogP contribution in [0.2, 0.25) is 5.02 Å². The molecule has 1 saturated heterocycles. The lowest BCUT2D eigenvalue weighted by Crippen LogP contribution is -2.48. The number of rotatable bonds is 3. The first-order valence-electron chi connectivity index (χ1n) is 8.15. The Morgan fingerprint density at radius 2 is 2.08 bits per heavy atom. The van der Waals surface area contributed by atoms with Crippen LogP contribution < -0.4 is 4.90 Å². The molecule has 0 aromatic heterocycles. The Morgan fingerprint density at radius 3 is 2.68 bits per heavy atom. The predicted octanol–water partition coefficient (Wildman–Crippen LogP) is 4.56. The number of benzene rings is 1. The number of anilines is 1. The number of nitrogens with zero attached hydrogens (tertiary/aromatic N) is 3. The van der Waals surface area contributed by atoms with Gasteiger partial charge in [0.05, 0.1) is 11.7 Å². The molecule has 1 heterocycles. The van der Waals surface area contributed by atoms with E-state index in [0.717, 1.165) is 18.0 Å². The van der Waals surface area contributed by atoms with Gasteiger partial charge in [0.15, 0.2) is 5.17 Å². The van der Waals surface area contributed by atoms with Crippen molar-refractivity contribution in [1.82, 2.24) is 4.90 Å². The number of aliphatic imine (C=N–C) groups is 1. The molecule has 1 aliphatic carbocycles. The summed E-state index contributed by atoms with van der Waals surface area (Å²) in [6.45, 7) is 1.46. The van der Waals surface area contributed by atoms with Crippen LogP contribution in [0.1, 0.15) is 32.6 Å². The quantitative estimate of drug-likeness (QED) is 0.739. The molecule has 0 N–H and O–H groups in total. The van der Waals surface area contributed by atoms with Crippen molar-refractivity contribution in [3.05, 3.63) is 29.0 Å². The van der Waals surface area contributed by atoms with Gasteiger partial charge in [-0.1, -0.05) is 36.2 Å². The molecule has 1 aliphatic heterocycles. The molecule has 2 aliphatic rings. The number of hydrogen-bond donors (Lipinski definition) is 0. The van der Waals surface area contributed by atoms with Crippen LogP contribution in [0.15, 0.2) is 23.2 Å². The van der Waals surface area contributed by atoms with Crippen LogP contribution in [-0.2, 0) is 4.79 Å². The van der Waals surface area contributed by atoms with E-state index in [2.05, 4.69) is 0 Å². The standard InChI is InChI=1S/C17H21ClFN3OS.ClH/c1-11(23)22(15-8-7-12(18)9-14(15)19)16-10-24-17(21(16)2)20-13-5-3-4-6-13;/h7-9,13,16H,3-6,10H2,1-2H3;1H. The number of carbonyl (C=O) groups is 1. The molecular formula is C17H22Cl2FN3OS. The highest BCUT2D eigenvalue weighted by molar-refractivity contribution is 8.14. The van der Waals surface area contributed by atoms with E-state index in [-0.39, 0.29) is 30.2 Å². The second-order valence-electron chi connectivity index (χ2n) is 6.24. The lowest BCUT2D eigenvalue weighted by atomic mass is 10.2. The molecule has 0 radical (unpaired) electrons. The van der Waals surface area contributed by atoms with Crippen LogP contribution >= 0.6 is 35.8 Å². The second-order valence-corrected chi connectivity index (χ2v) is 7.66. The van der Waals surface area contributed by atoms with Crippen molar-refractivity contribution < 1.29 is 9.18 Å². The highest BCUT2D eigenvalue weighted by Crippen LogP contribution is 2.33. The maximum absolute atomic E-state index is 14.3. The molecule has 0 spiro atoms. The molecule has 4 nitrogen and oxygen atoms in total. The third kappa shape index (κ3) is 4.41. The van der Waals surface area contributed by atoms with Crippen molar-refractivity contribution >= 4 is 52.5 Å². The van der Waals surface area contributed by atoms with Gasteiger partial charge < -0.3 is 4.90 Å². The molecule has 8 heteroatoms. The van der Waals surface area contributed by atoms with Gasteiger partial charge in [0.25, 0.3) is 0 Å². The van der Waals surface area contributed by atoms with Gasteiger partial charge in [-0.25, -0.2) is 4.39 Å². The van der Waals surface area contributed by atoms with Gasteiger partial charge in [-0.15, -0.1) is 12.4 Å². The Balaban J connectivity index is 0.00000225. The summed E-state index contributed by atoms with van der Waals surface area (Å²) in [7, 11) is 1.92. The van der Waals surface area contributed by atoms with Gasteiger partial charge in [-0.3, -0.25) is 14.7 Å². The number of thioether (sulfide) groups is 1. The Hall–Kier alpha value is -0.980. The minimum absolute atomic E-state index is 0. The molecule has 0 bridgehead atoms. The summed E-state index contributed by atoms with van der Waals surface area (Å²) in [6, 6.07) is 4.78. The second kappa shape index (κ2) is 8.60. The number of amidine groups is 1. The summed E-state index contributed by atoms with van der Waals surface area (Å²) in [6.07, 6.45) is 4.47. The van der Waals surface area contributed by atoms with Gasteiger partial charge >= 0.3 is 0 Å². The first-order valence-corrected chi connectivity index (χ1v) is 9.52. The molecule has 1 aromatic rings. The lowest BCUT2D eigenvalue weighted by Gasteiger charge is -2.33. The zero-order chi connectivity index (χ0) is 17.3. The van der Waals surface area contributed by atoms with E-state index >= 15 is 0 Å². The SMILES string of the molecule is CC(=O)N(c1ccc(Cl)cc1F)C1CSC(=NC2CCCC2)N1C.Cl. The van der Waals surface area contributed by atoms with E-state index < -0.39 is 5.82 Å². The average molecular weight is 406 g/mol. The van der Waals surface area contributed by atoms with Gasteiger partial charge in [0.1, 0.15) is 12.0 Å². The van der Waals surface area contributed by atoms with Crippen molar-refractivity contribution in [1.29, 1.82) is 0 Å². The Labute approximate surface area is 163 Å². The summed E-state index contributed by atoms with van der Waals surface area (Å²) in [5.74, 6) is -0.0166. The summed E-state index contributed by atoms with van der Waals surface area (Å²) in [5.41, 5.74) is 0.256. The van der Waals surface area contributed by atoms with E-state index in [1.807, 2.05) is 11.9 Å². The highest BCUT2D eigenvalue weighted by Gasteiger charge is 2.36. The van der Waals surface area contributed by atoms with Crippen LogP contribution in [0, 0.1) is 5.82 Å². The maximum Gasteiger partial charge on any atom is 0.225 e. The van der Waals surface area contributed by atoms with E-state index in [4.69, 9.17) is 16.6 Å². The first kappa shape index (κ1) is 20.3. The van der Waals surface area contributed by atoms with Crippen molar-refractivity contribution in [2.24, 2.45) is 4.99 Å². The van der Waals surface area contributed by atoms with Crippen LogP contribution in [-0.4, -0.2) is 41.0 Å². The maximum atomic E-state index is 14.3. The predicted molar refractivity (Wildman–Crippen MR) is 106 cm³/mol. The van der Waals surface area contributed by atoms with Crippen molar-refractivity contribution in [2.75, 3.05) is 17.7 Å². The summed E-state index contributed by atoms with van der Waals surface area (Å²) in [4.78, 5) is 20.5. The Morgan fingerprint density at radius 1 is 1.40 bits per heavy atom. The molecule has 25 heavy (non-hydrogen) atoms. The van der Waals surface area contributed by atoms with Gasteiger partial charge in [-0.05, 0) is 31.0 Å². The normalized spacial score (nSPS) is 22.3. The molecule has 1 unspecified atom stereocenters. The third-order valence-corrected chi connectivity index (χ3v) is 5.89. The Bertz CT molecular complexity index is 667. The fourth-order valence-corrected chi connectivity index (χ4v) is 4.65. The summed E-state index contributed by atoms with van der Waals surface area (Å²) in [5, 5.41) is 1.25. The minimum atomic E-state index is -0.489. The summed E-state index contributed by atoms with van der Waals surface area (Å²) < 4.78 is 14.3. The number of amides is 1. The summed E-state index contributed by atoms with van der Waals surface area (Å²) >= 11 is 7.46. The van der Waals surface area contributed by atoms with Gasteiger partial charge in [-0.2, -0.15) is 0 Å². The smallest absolute Gasteiger partial charge is 0.225 e. The molecule has 2 fully saturated rings. The topological polar surface area (TPSA) is 35.9 Å². The van der Waals surface area contributed by atoms with Crippen molar-refractivity contribution in [3.63, 3.8) is 0 Å². The fraction of sp³-hybridized carbons (Fsp3) is 0.529. The highest BCUT2D eigenvalue weighted by atomic mass is 35.5. The van der Waals surface area contributed by atoms with Crippen molar-refractivity contribution in [2.45, 2.75) is 44.8 Å². The van der Waals surface area contributed by atoms with Crippen LogP contribution in [0.4, 0.5) is 10.1 Å². The van der Waals surface area contributed by atoms with E-state index in [9.17, 15) is 9.18 Å². The monoisotopic (exact) mass is 405 g/mol. The van der Waals surface area contributed by atoms with Crippen LogP contribution in [0.25, 0.3) is 0 Å². The first-order chi connectivity index (χ1) is 11.5. The fourth-order valence-electron chi connectivity index (χ4n) is 3.27. The Kier molecular flexibility index (Phi) is 7.00. The molecule has 1 atom stereocenters. The third-order valence-electron chi connectivity index (χ3n) is 4.53. The molecule has 3 rings (SSSR count). The van der Waals surface area contributed by atoms with Gasteiger partial charge in [0.2, 0.25) is 5.91 Å². The number of halogens is 3. The minimum Gasteiger partial charge on any atom is -0.333 e. The lowest BCUT2D eigenvalue weighted by molar-refractivity contribution is -0.117. The van der Waals surface area contributed by atoms with Crippen molar-refractivity contribution in [3.8, 4) is 0 Å². The van der Waals surface area contributed by atoms with Crippen LogP contribution in [0.5, 0.6) is 0 Å². The largest absolute Gasteiger partial charge is 0.333 e. The molecule has 1 amide bonds. The zero-order valence-corrected chi connectivity index (χ0v) is 16.6. The molecule has 1 saturated carbocycles. The van der Waals surface area contributed by atoms with E-state index in [1.165, 1.54) is 30.7 Å². The van der Waals surface area contributed by atoms with Gasteiger partial charge in [0, 0.05) is 24.7 Å². The number of carbonyl (C=O) groups excluding carboxylic acids is 1. The zero-order valence-electron chi connectivity index (χ0n) is 14.2. The molecule has 138 valence electrons. The molecule has 1 aromatic carbocycles.